The summed E-state index contributed by atoms with van der Waals surface area (Å²) >= 11 is 0. The summed E-state index contributed by atoms with van der Waals surface area (Å²) in [4.78, 5) is 23.8. The largest absolute Gasteiger partial charge is 0.463 e. The Morgan fingerprint density at radius 2 is 2.14 bits per heavy atom. The van der Waals surface area contributed by atoms with Crippen LogP contribution in [-0.2, 0) is 16.1 Å². The lowest BCUT2D eigenvalue weighted by molar-refractivity contribution is -0.141. The van der Waals surface area contributed by atoms with Gasteiger partial charge in [-0.3, -0.25) is 4.79 Å². The predicted octanol–water partition coefficient (Wildman–Crippen LogP) is 2.78. The summed E-state index contributed by atoms with van der Waals surface area (Å²) in [7, 11) is 0. The third-order valence-corrected chi connectivity index (χ3v) is 3.08. The first kappa shape index (κ1) is 16.1. The van der Waals surface area contributed by atoms with Crippen LogP contribution < -0.4 is 0 Å². The van der Waals surface area contributed by atoms with Crippen LogP contribution >= 0.6 is 0 Å². The van der Waals surface area contributed by atoms with E-state index in [0.717, 1.165) is 4.90 Å². The van der Waals surface area contributed by atoms with Crippen LogP contribution in [0, 0.1) is 0 Å². The second kappa shape index (κ2) is 6.21. The van der Waals surface area contributed by atoms with Crippen molar-refractivity contribution in [1.29, 1.82) is 0 Å². The number of rotatable bonds is 4. The van der Waals surface area contributed by atoms with Gasteiger partial charge in [-0.2, -0.15) is 13.2 Å². The maximum atomic E-state index is 12.4. The first-order valence-electron chi connectivity index (χ1n) is 6.64. The van der Waals surface area contributed by atoms with Gasteiger partial charge in [-0.1, -0.05) is 6.07 Å². The average Bonchev–Trinajstić information content (AvgIpc) is 2.71. The zero-order valence-corrected chi connectivity index (χ0v) is 11.8. The summed E-state index contributed by atoms with van der Waals surface area (Å²) in [6.45, 7) is 0.583. The number of esters is 1. The normalized spacial score (nSPS) is 14.5. The molecule has 0 bridgehead atoms. The fraction of sp³-hybridized carbons (Fsp3) is 0.333. The second-order valence-corrected chi connectivity index (χ2v) is 4.78. The molecule has 2 rings (SSSR count). The molecule has 22 heavy (non-hydrogen) atoms. The van der Waals surface area contributed by atoms with E-state index in [1.54, 1.807) is 19.1 Å². The van der Waals surface area contributed by atoms with Crippen molar-refractivity contribution in [3.8, 4) is 0 Å². The standard InChI is InChI=1S/C15H14F3NO3/c1-2-22-13(20)6-4-10-3-5-12-11(7-10)8-19(14(12)21)9-15(16,17)18/h3-7H,2,8-9H2,1H3/b6-4+. The molecule has 0 radical (unpaired) electrons. The van der Waals surface area contributed by atoms with Crippen molar-refractivity contribution in [2.45, 2.75) is 19.6 Å². The highest BCUT2D eigenvalue weighted by atomic mass is 19.4. The highest BCUT2D eigenvalue weighted by Crippen LogP contribution is 2.27. The summed E-state index contributed by atoms with van der Waals surface area (Å²) in [5.41, 5.74) is 1.39. The van der Waals surface area contributed by atoms with Gasteiger partial charge in [-0.05, 0) is 36.3 Å². The van der Waals surface area contributed by atoms with E-state index in [2.05, 4.69) is 0 Å². The molecule has 1 amide bonds. The molecule has 118 valence electrons. The van der Waals surface area contributed by atoms with Crippen LogP contribution in [0.15, 0.2) is 24.3 Å². The zero-order chi connectivity index (χ0) is 16.3. The quantitative estimate of drug-likeness (QED) is 0.634. The van der Waals surface area contributed by atoms with Crippen LogP contribution in [0.5, 0.6) is 0 Å². The topological polar surface area (TPSA) is 46.6 Å². The molecule has 0 fully saturated rings. The van der Waals surface area contributed by atoms with Gasteiger partial charge in [0, 0.05) is 18.2 Å². The number of carbonyl (C=O) groups is 2. The Kier molecular flexibility index (Phi) is 4.54. The number of alkyl halides is 3. The summed E-state index contributed by atoms with van der Waals surface area (Å²) in [5, 5.41) is 0. The fourth-order valence-corrected chi connectivity index (χ4v) is 2.20. The monoisotopic (exact) mass is 313 g/mol. The Bertz CT molecular complexity index is 623. The van der Waals surface area contributed by atoms with Crippen LogP contribution in [0.1, 0.15) is 28.4 Å². The maximum absolute atomic E-state index is 12.4. The minimum Gasteiger partial charge on any atom is -0.463 e. The van der Waals surface area contributed by atoms with Gasteiger partial charge in [-0.25, -0.2) is 4.79 Å². The molecule has 4 nitrogen and oxygen atoms in total. The van der Waals surface area contributed by atoms with Gasteiger partial charge >= 0.3 is 12.1 Å². The van der Waals surface area contributed by atoms with Crippen molar-refractivity contribution < 1.29 is 27.5 Å². The molecule has 0 atom stereocenters. The molecule has 0 aliphatic carbocycles. The molecule has 0 saturated carbocycles. The van der Waals surface area contributed by atoms with E-state index in [1.807, 2.05) is 0 Å². The van der Waals surface area contributed by atoms with Crippen LogP contribution in [-0.4, -0.2) is 36.1 Å². The molecule has 0 saturated heterocycles. The van der Waals surface area contributed by atoms with Gasteiger partial charge in [-0.15, -0.1) is 0 Å². The van der Waals surface area contributed by atoms with Crippen molar-refractivity contribution in [3.05, 3.63) is 41.0 Å². The fourth-order valence-electron chi connectivity index (χ4n) is 2.20. The predicted molar refractivity (Wildman–Crippen MR) is 72.9 cm³/mol. The Labute approximate surface area is 125 Å². The van der Waals surface area contributed by atoms with Crippen molar-refractivity contribution in [2.24, 2.45) is 0 Å². The highest BCUT2D eigenvalue weighted by Gasteiger charge is 2.37. The van der Waals surface area contributed by atoms with E-state index in [4.69, 9.17) is 4.74 Å². The lowest BCUT2D eigenvalue weighted by Gasteiger charge is -2.17. The van der Waals surface area contributed by atoms with Gasteiger partial charge in [0.15, 0.2) is 0 Å². The van der Waals surface area contributed by atoms with Gasteiger partial charge in [0.1, 0.15) is 6.54 Å². The molecule has 1 aromatic rings. The number of hydrogen-bond acceptors (Lipinski definition) is 3. The first-order chi connectivity index (χ1) is 10.3. The van der Waals surface area contributed by atoms with Gasteiger partial charge in [0.2, 0.25) is 0 Å². The Morgan fingerprint density at radius 3 is 2.77 bits per heavy atom. The Balaban J connectivity index is 2.13. The van der Waals surface area contributed by atoms with Gasteiger partial charge < -0.3 is 9.64 Å². The van der Waals surface area contributed by atoms with E-state index in [1.165, 1.54) is 18.2 Å². The van der Waals surface area contributed by atoms with E-state index in [9.17, 15) is 22.8 Å². The van der Waals surface area contributed by atoms with Crippen molar-refractivity contribution in [1.82, 2.24) is 4.90 Å². The third-order valence-electron chi connectivity index (χ3n) is 3.08. The number of carbonyl (C=O) groups excluding carboxylic acids is 2. The Hall–Kier alpha value is -2.31. The molecule has 1 aliphatic heterocycles. The number of fused-ring (bicyclic) bond motifs is 1. The first-order valence-corrected chi connectivity index (χ1v) is 6.64. The van der Waals surface area contributed by atoms with Gasteiger partial charge in [0.05, 0.1) is 6.61 Å². The molecule has 0 spiro atoms. The number of amides is 1. The summed E-state index contributed by atoms with van der Waals surface area (Å²) in [5.74, 6) is -1.13. The smallest absolute Gasteiger partial charge is 0.406 e. The SMILES string of the molecule is CCOC(=O)/C=C/c1ccc2c(c1)CN(CC(F)(F)F)C2=O. The lowest BCUT2D eigenvalue weighted by atomic mass is 10.1. The van der Waals surface area contributed by atoms with Crippen LogP contribution in [0.4, 0.5) is 13.2 Å². The molecule has 0 N–H and O–H groups in total. The minimum atomic E-state index is -4.43. The molecular formula is C15H14F3NO3. The van der Waals surface area contributed by atoms with Crippen molar-refractivity contribution >= 4 is 18.0 Å². The number of halogens is 3. The summed E-state index contributed by atoms with van der Waals surface area (Å²) < 4.78 is 42.0. The van der Waals surface area contributed by atoms with Crippen molar-refractivity contribution in [3.63, 3.8) is 0 Å². The van der Waals surface area contributed by atoms with Crippen LogP contribution in [0.25, 0.3) is 6.08 Å². The van der Waals surface area contributed by atoms with E-state index >= 15 is 0 Å². The third kappa shape index (κ3) is 3.87. The number of ether oxygens (including phenoxy) is 1. The Morgan fingerprint density at radius 1 is 1.41 bits per heavy atom. The average molecular weight is 313 g/mol. The number of benzene rings is 1. The van der Waals surface area contributed by atoms with E-state index in [-0.39, 0.29) is 18.7 Å². The molecule has 0 aromatic heterocycles. The minimum absolute atomic E-state index is 0.0885. The summed E-state index contributed by atoms with van der Waals surface area (Å²) in [6.07, 6.45) is -1.70. The van der Waals surface area contributed by atoms with Crippen molar-refractivity contribution in [2.75, 3.05) is 13.2 Å². The molecular weight excluding hydrogens is 299 g/mol. The second-order valence-electron chi connectivity index (χ2n) is 4.78. The maximum Gasteiger partial charge on any atom is 0.406 e. The molecule has 0 unspecified atom stereocenters. The van der Waals surface area contributed by atoms with Crippen LogP contribution in [0.3, 0.4) is 0 Å². The van der Waals surface area contributed by atoms with Crippen LogP contribution in [0.2, 0.25) is 0 Å². The summed E-state index contributed by atoms with van der Waals surface area (Å²) in [6, 6.07) is 4.64. The molecule has 1 aromatic carbocycles. The van der Waals surface area contributed by atoms with E-state index in [0.29, 0.717) is 11.1 Å². The lowest BCUT2D eigenvalue weighted by Crippen LogP contribution is -2.34. The zero-order valence-electron chi connectivity index (χ0n) is 11.8. The van der Waals surface area contributed by atoms with E-state index < -0.39 is 24.6 Å². The van der Waals surface area contributed by atoms with Gasteiger partial charge in [0.25, 0.3) is 5.91 Å². The number of nitrogens with zero attached hydrogens (tertiary/aromatic N) is 1. The highest BCUT2D eigenvalue weighted by molar-refractivity contribution is 5.98. The molecule has 7 heteroatoms. The molecule has 1 heterocycles. The number of hydrogen-bond donors (Lipinski definition) is 0. The molecule has 1 aliphatic rings.